The summed E-state index contributed by atoms with van der Waals surface area (Å²) in [4.78, 5) is 2.28. The van der Waals surface area contributed by atoms with E-state index in [1.165, 1.54) is 11.1 Å². The predicted molar refractivity (Wildman–Crippen MR) is 86.9 cm³/mol. The Morgan fingerprint density at radius 1 is 1.00 bits per heavy atom. The Morgan fingerprint density at radius 3 is 2.41 bits per heavy atom. The summed E-state index contributed by atoms with van der Waals surface area (Å²) in [7, 11) is 4.26. The molecule has 2 aliphatic rings. The van der Waals surface area contributed by atoms with E-state index >= 15 is 0 Å². The normalized spacial score (nSPS) is 22.2. The summed E-state index contributed by atoms with van der Waals surface area (Å²) < 4.78 is 10.9. The van der Waals surface area contributed by atoms with E-state index in [-0.39, 0.29) is 6.79 Å². The summed E-state index contributed by atoms with van der Waals surface area (Å²) in [5, 5.41) is 0.753. The molecule has 4 heteroatoms. The maximum atomic E-state index is 6.53. The Kier molecular flexibility index (Phi) is 3.28. The largest absolute Gasteiger partial charge is 0.454 e. The minimum absolute atomic E-state index is 0.274. The van der Waals surface area contributed by atoms with Crippen molar-refractivity contribution in [3.63, 3.8) is 0 Å². The average Bonchev–Trinajstić information content (AvgIpc) is 3.10. The van der Waals surface area contributed by atoms with E-state index in [0.717, 1.165) is 28.5 Å². The van der Waals surface area contributed by atoms with Gasteiger partial charge in [0.15, 0.2) is 11.5 Å². The molecule has 114 valence electrons. The zero-order valence-electron chi connectivity index (χ0n) is 12.7. The lowest BCUT2D eigenvalue weighted by Crippen LogP contribution is -2.17. The number of halogens is 1. The van der Waals surface area contributed by atoms with Gasteiger partial charge in [-0.1, -0.05) is 35.9 Å². The number of nitrogens with zero attached hydrogens (tertiary/aromatic N) is 1. The van der Waals surface area contributed by atoms with Gasteiger partial charge < -0.3 is 14.4 Å². The van der Waals surface area contributed by atoms with Crippen molar-refractivity contribution in [2.75, 3.05) is 20.9 Å². The quantitative estimate of drug-likeness (QED) is 0.828. The summed E-state index contributed by atoms with van der Waals surface area (Å²) in [6, 6.07) is 13.0. The maximum Gasteiger partial charge on any atom is 0.231 e. The highest BCUT2D eigenvalue weighted by Gasteiger charge is 2.34. The topological polar surface area (TPSA) is 21.7 Å². The molecule has 0 fully saturated rings. The Bertz CT molecular complexity index is 729. The number of fused-ring (bicyclic) bond motifs is 2. The third kappa shape index (κ3) is 2.08. The highest BCUT2D eigenvalue weighted by Crippen LogP contribution is 2.49. The first-order valence-corrected chi connectivity index (χ1v) is 7.87. The van der Waals surface area contributed by atoms with Crippen LogP contribution in [-0.4, -0.2) is 25.8 Å². The van der Waals surface area contributed by atoms with Crippen LogP contribution in [0, 0.1) is 0 Å². The van der Waals surface area contributed by atoms with Crippen LogP contribution >= 0.6 is 11.6 Å². The Hall–Kier alpha value is -1.71. The minimum atomic E-state index is 0.274. The fraction of sp³-hybridized carbons (Fsp3) is 0.333. The van der Waals surface area contributed by atoms with Gasteiger partial charge in [-0.3, -0.25) is 0 Å². The molecule has 1 aliphatic carbocycles. The molecule has 1 aliphatic heterocycles. The maximum absolute atomic E-state index is 6.53. The lowest BCUT2D eigenvalue weighted by Gasteiger charge is -2.20. The van der Waals surface area contributed by atoms with Gasteiger partial charge in [-0.05, 0) is 43.3 Å². The zero-order valence-corrected chi connectivity index (χ0v) is 13.4. The molecular weight excluding hydrogens is 298 g/mol. The highest BCUT2D eigenvalue weighted by molar-refractivity contribution is 6.31. The van der Waals surface area contributed by atoms with Gasteiger partial charge in [0.05, 0.1) is 0 Å². The van der Waals surface area contributed by atoms with Crippen molar-refractivity contribution in [3.05, 3.63) is 58.1 Å². The van der Waals surface area contributed by atoms with Crippen LogP contribution in [0.3, 0.4) is 0 Å². The summed E-state index contributed by atoms with van der Waals surface area (Å²) in [5.74, 6) is 1.83. The van der Waals surface area contributed by atoms with Crippen LogP contribution in [0.2, 0.25) is 5.02 Å². The Balaban J connectivity index is 1.81. The molecule has 0 amide bonds. The molecule has 2 atom stereocenters. The fourth-order valence-corrected chi connectivity index (χ4v) is 3.88. The summed E-state index contributed by atoms with van der Waals surface area (Å²) >= 11 is 6.53. The second-order valence-corrected chi connectivity index (χ2v) is 6.53. The molecular formula is C18H18ClNO2. The molecule has 1 heterocycles. The summed E-state index contributed by atoms with van der Waals surface area (Å²) in [6.45, 7) is 0.274. The second kappa shape index (κ2) is 5.18. The van der Waals surface area contributed by atoms with Crippen molar-refractivity contribution in [2.24, 2.45) is 0 Å². The number of ether oxygens (including phenoxy) is 2. The van der Waals surface area contributed by atoms with Crippen molar-refractivity contribution in [2.45, 2.75) is 18.4 Å². The van der Waals surface area contributed by atoms with Crippen LogP contribution in [0.25, 0.3) is 0 Å². The van der Waals surface area contributed by atoms with E-state index in [0.29, 0.717) is 12.0 Å². The molecule has 0 saturated carbocycles. The van der Waals surface area contributed by atoms with Gasteiger partial charge >= 0.3 is 0 Å². The van der Waals surface area contributed by atoms with Crippen molar-refractivity contribution in [3.8, 4) is 11.5 Å². The van der Waals surface area contributed by atoms with Crippen molar-refractivity contribution in [1.29, 1.82) is 0 Å². The van der Waals surface area contributed by atoms with Gasteiger partial charge in [0, 0.05) is 23.0 Å². The molecule has 0 aromatic heterocycles. The molecule has 0 saturated heterocycles. The standard InChI is InChI=1S/C18H18ClNO2/c1-20(2)16-7-13(11-5-3-4-6-12(11)16)14-8-17-18(9-15(14)19)22-10-21-17/h3-6,8-9,13,16H,7,10H2,1-2H3. The molecule has 2 aromatic carbocycles. The van der Waals surface area contributed by atoms with E-state index < -0.39 is 0 Å². The average molecular weight is 316 g/mol. The number of rotatable bonds is 2. The van der Waals surface area contributed by atoms with Crippen LogP contribution in [0.5, 0.6) is 11.5 Å². The van der Waals surface area contributed by atoms with Crippen LogP contribution in [-0.2, 0) is 0 Å². The van der Waals surface area contributed by atoms with Gasteiger partial charge in [0.2, 0.25) is 6.79 Å². The summed E-state index contributed by atoms with van der Waals surface area (Å²) in [5.41, 5.74) is 3.89. The molecule has 0 N–H and O–H groups in total. The number of hydrogen-bond donors (Lipinski definition) is 0. The van der Waals surface area contributed by atoms with Gasteiger partial charge in [-0.2, -0.15) is 0 Å². The molecule has 2 unspecified atom stereocenters. The molecule has 0 radical (unpaired) electrons. The van der Waals surface area contributed by atoms with E-state index in [2.05, 4.69) is 43.3 Å². The van der Waals surface area contributed by atoms with Crippen LogP contribution in [0.15, 0.2) is 36.4 Å². The van der Waals surface area contributed by atoms with Gasteiger partial charge in [0.25, 0.3) is 0 Å². The SMILES string of the molecule is CN(C)C1CC(c2cc3c(cc2Cl)OCO3)c2ccccc21. The molecule has 2 aromatic rings. The monoisotopic (exact) mass is 315 g/mol. The predicted octanol–water partition coefficient (Wildman–Crippen LogP) is 4.21. The highest BCUT2D eigenvalue weighted by atomic mass is 35.5. The van der Waals surface area contributed by atoms with Crippen molar-refractivity contribution < 1.29 is 9.47 Å². The van der Waals surface area contributed by atoms with Gasteiger partial charge in [0.1, 0.15) is 0 Å². The third-order valence-electron chi connectivity index (χ3n) is 4.68. The molecule has 0 bridgehead atoms. The first-order chi connectivity index (χ1) is 10.6. The van der Waals surface area contributed by atoms with E-state index in [9.17, 15) is 0 Å². The van der Waals surface area contributed by atoms with Crippen LogP contribution < -0.4 is 9.47 Å². The van der Waals surface area contributed by atoms with Crippen molar-refractivity contribution in [1.82, 2.24) is 4.90 Å². The Morgan fingerprint density at radius 2 is 1.68 bits per heavy atom. The van der Waals surface area contributed by atoms with E-state index in [1.807, 2.05) is 12.1 Å². The smallest absolute Gasteiger partial charge is 0.231 e. The van der Waals surface area contributed by atoms with E-state index in [4.69, 9.17) is 21.1 Å². The molecule has 22 heavy (non-hydrogen) atoms. The lowest BCUT2D eigenvalue weighted by atomic mass is 9.92. The Labute approximate surface area is 135 Å². The lowest BCUT2D eigenvalue weighted by molar-refractivity contribution is 0.174. The van der Waals surface area contributed by atoms with Gasteiger partial charge in [-0.25, -0.2) is 0 Å². The number of hydrogen-bond acceptors (Lipinski definition) is 3. The van der Waals surface area contributed by atoms with E-state index in [1.54, 1.807) is 0 Å². The third-order valence-corrected chi connectivity index (χ3v) is 5.01. The molecule has 0 spiro atoms. The minimum Gasteiger partial charge on any atom is -0.454 e. The van der Waals surface area contributed by atoms with Crippen LogP contribution in [0.1, 0.15) is 35.1 Å². The number of benzene rings is 2. The fourth-order valence-electron chi connectivity index (χ4n) is 3.59. The van der Waals surface area contributed by atoms with Crippen LogP contribution in [0.4, 0.5) is 0 Å². The first kappa shape index (κ1) is 13.9. The van der Waals surface area contributed by atoms with Gasteiger partial charge in [-0.15, -0.1) is 0 Å². The van der Waals surface area contributed by atoms with Crippen molar-refractivity contribution >= 4 is 11.6 Å². The second-order valence-electron chi connectivity index (χ2n) is 6.12. The molecule has 4 rings (SSSR count). The zero-order chi connectivity index (χ0) is 15.3. The molecule has 3 nitrogen and oxygen atoms in total. The summed E-state index contributed by atoms with van der Waals surface area (Å²) in [6.07, 6.45) is 1.03. The first-order valence-electron chi connectivity index (χ1n) is 7.49.